The van der Waals surface area contributed by atoms with Crippen LogP contribution in [0.25, 0.3) is 4.85 Å². The lowest BCUT2D eigenvalue weighted by Gasteiger charge is -2.04. The van der Waals surface area contributed by atoms with Crippen LogP contribution < -0.4 is 4.74 Å². The number of methoxy groups -OCH3 is 1. The van der Waals surface area contributed by atoms with Crippen LogP contribution in [-0.4, -0.2) is 7.11 Å². The molecule has 12 heavy (non-hydrogen) atoms. The standard InChI is InChI=1S/C9H8BrNO/c1-11-6-7-4-3-5-8(10)9(7)12-2/h3-5H,6H2,2H3. The van der Waals surface area contributed by atoms with Gasteiger partial charge in [-0.2, -0.15) is 0 Å². The molecule has 1 rings (SSSR count). The molecule has 0 saturated carbocycles. The smallest absolute Gasteiger partial charge is 0.243 e. The van der Waals surface area contributed by atoms with Crippen molar-refractivity contribution in [3.05, 3.63) is 39.7 Å². The molecule has 0 atom stereocenters. The van der Waals surface area contributed by atoms with E-state index in [9.17, 15) is 0 Å². The minimum absolute atomic E-state index is 0.364. The molecular weight excluding hydrogens is 218 g/mol. The summed E-state index contributed by atoms with van der Waals surface area (Å²) in [5.74, 6) is 0.758. The number of para-hydroxylation sites is 1. The normalized spacial score (nSPS) is 9.08. The van der Waals surface area contributed by atoms with Gasteiger partial charge in [-0.15, -0.1) is 0 Å². The number of halogens is 1. The molecule has 0 aliphatic heterocycles. The zero-order valence-electron chi connectivity index (χ0n) is 6.67. The molecule has 62 valence electrons. The zero-order valence-corrected chi connectivity index (χ0v) is 8.26. The number of benzene rings is 1. The second kappa shape index (κ2) is 4.13. The third-order valence-electron chi connectivity index (χ3n) is 1.50. The van der Waals surface area contributed by atoms with E-state index < -0.39 is 0 Å². The van der Waals surface area contributed by atoms with Crippen molar-refractivity contribution in [1.82, 2.24) is 0 Å². The Hall–Kier alpha value is -1.01. The summed E-state index contributed by atoms with van der Waals surface area (Å²) >= 11 is 3.35. The van der Waals surface area contributed by atoms with Crippen molar-refractivity contribution in [1.29, 1.82) is 0 Å². The van der Waals surface area contributed by atoms with Gasteiger partial charge in [0.25, 0.3) is 0 Å². The molecule has 0 bridgehead atoms. The lowest BCUT2D eigenvalue weighted by Crippen LogP contribution is -1.90. The van der Waals surface area contributed by atoms with Crippen molar-refractivity contribution in [2.45, 2.75) is 6.54 Å². The predicted molar refractivity (Wildman–Crippen MR) is 51.0 cm³/mol. The van der Waals surface area contributed by atoms with Crippen molar-refractivity contribution in [3.8, 4) is 5.75 Å². The first kappa shape index (κ1) is 9.08. The largest absolute Gasteiger partial charge is 0.495 e. The number of hydrogen-bond acceptors (Lipinski definition) is 1. The summed E-state index contributed by atoms with van der Waals surface area (Å²) in [6.45, 7) is 7.10. The van der Waals surface area contributed by atoms with E-state index in [0.29, 0.717) is 6.54 Å². The highest BCUT2D eigenvalue weighted by molar-refractivity contribution is 9.10. The minimum Gasteiger partial charge on any atom is -0.495 e. The Morgan fingerprint density at radius 3 is 2.92 bits per heavy atom. The first-order valence-corrected chi connectivity index (χ1v) is 4.23. The maximum Gasteiger partial charge on any atom is 0.243 e. The quantitative estimate of drug-likeness (QED) is 0.707. The van der Waals surface area contributed by atoms with Crippen molar-refractivity contribution in [2.75, 3.05) is 7.11 Å². The molecule has 0 aromatic heterocycles. The number of rotatable bonds is 2. The fraction of sp³-hybridized carbons (Fsp3) is 0.222. The van der Waals surface area contributed by atoms with Crippen LogP contribution >= 0.6 is 15.9 Å². The van der Waals surface area contributed by atoms with Gasteiger partial charge in [-0.05, 0) is 28.1 Å². The molecule has 0 heterocycles. The van der Waals surface area contributed by atoms with E-state index in [1.54, 1.807) is 7.11 Å². The second-order valence-corrected chi connectivity index (χ2v) is 3.10. The van der Waals surface area contributed by atoms with Crippen LogP contribution in [0.3, 0.4) is 0 Å². The first-order chi connectivity index (χ1) is 5.79. The Bertz CT molecular complexity index is 317. The van der Waals surface area contributed by atoms with Crippen LogP contribution in [0.15, 0.2) is 22.7 Å². The zero-order chi connectivity index (χ0) is 8.97. The molecule has 0 saturated heterocycles. The van der Waals surface area contributed by atoms with Crippen LogP contribution in [0.5, 0.6) is 5.75 Å². The van der Waals surface area contributed by atoms with Gasteiger partial charge in [-0.1, -0.05) is 6.07 Å². The van der Waals surface area contributed by atoms with E-state index in [-0.39, 0.29) is 0 Å². The Kier molecular flexibility index (Phi) is 3.12. The fourth-order valence-corrected chi connectivity index (χ4v) is 1.56. The van der Waals surface area contributed by atoms with Gasteiger partial charge in [0.15, 0.2) is 0 Å². The van der Waals surface area contributed by atoms with Gasteiger partial charge in [0, 0.05) is 0 Å². The van der Waals surface area contributed by atoms with Crippen molar-refractivity contribution >= 4 is 15.9 Å². The van der Waals surface area contributed by atoms with Gasteiger partial charge < -0.3 is 9.58 Å². The molecule has 0 unspecified atom stereocenters. The Balaban J connectivity index is 3.11. The van der Waals surface area contributed by atoms with E-state index in [2.05, 4.69) is 20.8 Å². The highest BCUT2D eigenvalue weighted by Gasteiger charge is 2.07. The summed E-state index contributed by atoms with van der Waals surface area (Å²) < 4.78 is 6.03. The summed E-state index contributed by atoms with van der Waals surface area (Å²) in [4.78, 5) is 3.30. The molecule has 0 aliphatic carbocycles. The van der Waals surface area contributed by atoms with E-state index in [1.165, 1.54) is 0 Å². The molecule has 0 spiro atoms. The van der Waals surface area contributed by atoms with E-state index in [4.69, 9.17) is 11.3 Å². The molecule has 2 nitrogen and oxygen atoms in total. The molecular formula is C9H8BrNO. The molecule has 0 fully saturated rings. The topological polar surface area (TPSA) is 13.6 Å². The van der Waals surface area contributed by atoms with Gasteiger partial charge in [0.1, 0.15) is 5.75 Å². The van der Waals surface area contributed by atoms with Crippen molar-refractivity contribution < 1.29 is 4.74 Å². The van der Waals surface area contributed by atoms with Crippen molar-refractivity contribution in [2.24, 2.45) is 0 Å². The van der Waals surface area contributed by atoms with E-state index in [1.807, 2.05) is 18.2 Å². The SMILES string of the molecule is [C-]#[N+]Cc1cccc(Br)c1OC. The molecule has 1 aromatic carbocycles. The molecule has 0 radical (unpaired) electrons. The highest BCUT2D eigenvalue weighted by atomic mass is 79.9. The first-order valence-electron chi connectivity index (χ1n) is 3.44. The summed E-state index contributed by atoms with van der Waals surface area (Å²) in [7, 11) is 1.60. The van der Waals surface area contributed by atoms with E-state index in [0.717, 1.165) is 15.8 Å². The summed E-state index contributed by atoms with van der Waals surface area (Å²) in [6.07, 6.45) is 0. The molecule has 3 heteroatoms. The number of ether oxygens (including phenoxy) is 1. The number of hydrogen-bond donors (Lipinski definition) is 0. The third-order valence-corrected chi connectivity index (χ3v) is 2.13. The second-order valence-electron chi connectivity index (χ2n) is 2.25. The monoisotopic (exact) mass is 225 g/mol. The summed E-state index contributed by atoms with van der Waals surface area (Å²) in [5, 5.41) is 0. The summed E-state index contributed by atoms with van der Waals surface area (Å²) in [6, 6.07) is 5.68. The van der Waals surface area contributed by atoms with Crippen LogP contribution in [-0.2, 0) is 6.54 Å². The average Bonchev–Trinajstić information content (AvgIpc) is 2.05. The highest BCUT2D eigenvalue weighted by Crippen LogP contribution is 2.28. The molecule has 0 N–H and O–H groups in total. The van der Waals surface area contributed by atoms with Crippen LogP contribution in [0.4, 0.5) is 0 Å². The lowest BCUT2D eigenvalue weighted by atomic mass is 10.2. The Morgan fingerprint density at radius 2 is 2.33 bits per heavy atom. The van der Waals surface area contributed by atoms with Crippen LogP contribution in [0, 0.1) is 6.57 Å². The molecule has 1 aromatic rings. The van der Waals surface area contributed by atoms with Gasteiger partial charge in [0.05, 0.1) is 17.1 Å². The van der Waals surface area contributed by atoms with Gasteiger partial charge in [-0.3, -0.25) is 0 Å². The average molecular weight is 226 g/mol. The van der Waals surface area contributed by atoms with Crippen LogP contribution in [0.2, 0.25) is 0 Å². The predicted octanol–water partition coefficient (Wildman–Crippen LogP) is 2.88. The van der Waals surface area contributed by atoms with Crippen molar-refractivity contribution in [3.63, 3.8) is 0 Å². The van der Waals surface area contributed by atoms with E-state index >= 15 is 0 Å². The number of nitrogens with zero attached hydrogens (tertiary/aromatic N) is 1. The van der Waals surface area contributed by atoms with Gasteiger partial charge in [0.2, 0.25) is 6.54 Å². The maximum absolute atomic E-state index is 6.74. The molecule has 0 aliphatic rings. The minimum atomic E-state index is 0.364. The van der Waals surface area contributed by atoms with Gasteiger partial charge >= 0.3 is 0 Å². The Morgan fingerprint density at radius 1 is 1.58 bits per heavy atom. The Labute approximate surface area is 80.1 Å². The lowest BCUT2D eigenvalue weighted by molar-refractivity contribution is 0.408. The fourth-order valence-electron chi connectivity index (χ4n) is 0.992. The molecule has 0 amide bonds. The maximum atomic E-state index is 6.74. The summed E-state index contributed by atoms with van der Waals surface area (Å²) in [5.41, 5.74) is 0.918. The van der Waals surface area contributed by atoms with Crippen LogP contribution in [0.1, 0.15) is 5.56 Å². The van der Waals surface area contributed by atoms with Gasteiger partial charge in [-0.25, -0.2) is 6.57 Å². The third kappa shape index (κ3) is 1.77.